The predicted octanol–water partition coefficient (Wildman–Crippen LogP) is 3.36. The molecule has 31 heavy (non-hydrogen) atoms. The third-order valence-electron chi connectivity index (χ3n) is 5.92. The molecular formula is C23H29N3O3S2. The van der Waals surface area contributed by atoms with E-state index in [-0.39, 0.29) is 4.90 Å². The van der Waals surface area contributed by atoms with Gasteiger partial charge in [0.25, 0.3) is 0 Å². The van der Waals surface area contributed by atoms with Crippen molar-refractivity contribution in [3.63, 3.8) is 0 Å². The Balaban J connectivity index is 1.73. The Hall–Kier alpha value is -1.84. The van der Waals surface area contributed by atoms with E-state index in [2.05, 4.69) is 16.8 Å². The first kappa shape index (κ1) is 22.4. The maximum atomic E-state index is 12.7. The number of piperazine rings is 1. The molecule has 0 aromatic heterocycles. The third-order valence-corrected chi connectivity index (χ3v) is 8.89. The number of hydrogen-bond acceptors (Lipinski definition) is 6. The minimum atomic E-state index is -3.56. The molecule has 2 aromatic carbocycles. The highest BCUT2D eigenvalue weighted by atomic mass is 32.2. The third kappa shape index (κ3) is 4.54. The van der Waals surface area contributed by atoms with Gasteiger partial charge < -0.3 is 14.9 Å². The Morgan fingerprint density at radius 3 is 2.42 bits per heavy atom. The second-order valence-corrected chi connectivity index (χ2v) is 11.5. The van der Waals surface area contributed by atoms with Crippen LogP contribution in [0.5, 0.6) is 0 Å². The standard InChI is InChI=1S/C23H29N3O3S2/c1-24(2)31(28,29)17-8-9-22-19(16-17)23(18-6-4-5-7-21(18)30-22)20(27)10-11-26-14-12-25(3)13-15-26/h4-9,16,27H,10-15H2,1-3H3/b23-20+. The lowest BCUT2D eigenvalue weighted by Crippen LogP contribution is -2.44. The molecule has 0 aliphatic carbocycles. The maximum absolute atomic E-state index is 12.7. The fraction of sp³-hybridized carbons (Fsp3) is 0.391. The molecule has 1 N–H and O–H groups in total. The fourth-order valence-corrected chi connectivity index (χ4v) is 5.96. The number of nitrogens with zero attached hydrogens (tertiary/aromatic N) is 3. The minimum Gasteiger partial charge on any atom is -0.512 e. The van der Waals surface area contributed by atoms with Crippen LogP contribution in [-0.2, 0) is 10.0 Å². The second-order valence-electron chi connectivity index (χ2n) is 8.26. The average molecular weight is 460 g/mol. The number of likely N-dealkylation sites (N-methyl/N-ethyl adjacent to an activating group) is 1. The van der Waals surface area contributed by atoms with E-state index < -0.39 is 10.0 Å². The van der Waals surface area contributed by atoms with Gasteiger partial charge in [-0.1, -0.05) is 30.0 Å². The summed E-state index contributed by atoms with van der Waals surface area (Å²) in [6, 6.07) is 13.2. The van der Waals surface area contributed by atoms with Crippen LogP contribution in [0.2, 0.25) is 0 Å². The van der Waals surface area contributed by atoms with Crippen molar-refractivity contribution < 1.29 is 13.5 Å². The summed E-state index contributed by atoms with van der Waals surface area (Å²) >= 11 is 1.61. The fourth-order valence-electron chi connectivity index (χ4n) is 3.96. The van der Waals surface area contributed by atoms with Crippen molar-refractivity contribution in [3.8, 4) is 0 Å². The molecule has 2 aliphatic rings. The number of fused-ring (bicyclic) bond motifs is 2. The van der Waals surface area contributed by atoms with Crippen LogP contribution < -0.4 is 0 Å². The average Bonchev–Trinajstić information content (AvgIpc) is 2.76. The van der Waals surface area contributed by atoms with Crippen LogP contribution in [0.3, 0.4) is 0 Å². The van der Waals surface area contributed by atoms with Crippen molar-refractivity contribution in [2.75, 3.05) is 53.9 Å². The number of hydrogen-bond donors (Lipinski definition) is 1. The lowest BCUT2D eigenvalue weighted by Gasteiger charge is -2.32. The molecule has 0 atom stereocenters. The Bertz CT molecular complexity index is 1100. The van der Waals surface area contributed by atoms with Crippen LogP contribution in [0.25, 0.3) is 5.57 Å². The van der Waals surface area contributed by atoms with E-state index >= 15 is 0 Å². The summed E-state index contributed by atoms with van der Waals surface area (Å²) in [6.45, 7) is 4.83. The van der Waals surface area contributed by atoms with Crippen molar-refractivity contribution in [1.82, 2.24) is 14.1 Å². The summed E-state index contributed by atoms with van der Waals surface area (Å²) in [5, 5.41) is 11.2. The van der Waals surface area contributed by atoms with Crippen molar-refractivity contribution >= 4 is 27.4 Å². The molecule has 0 saturated carbocycles. The SMILES string of the molecule is CN1CCN(CC/C(O)=C2/c3ccccc3Sc3ccc(S(=O)(=O)N(C)C)cc32)CC1. The van der Waals surface area contributed by atoms with Gasteiger partial charge in [0.2, 0.25) is 10.0 Å². The molecule has 0 unspecified atom stereocenters. The maximum Gasteiger partial charge on any atom is 0.242 e. The van der Waals surface area contributed by atoms with Crippen molar-refractivity contribution in [2.45, 2.75) is 21.1 Å². The van der Waals surface area contributed by atoms with Gasteiger partial charge in [-0.25, -0.2) is 12.7 Å². The zero-order valence-corrected chi connectivity index (χ0v) is 19.8. The van der Waals surface area contributed by atoms with Gasteiger partial charge in [-0.3, -0.25) is 0 Å². The van der Waals surface area contributed by atoms with E-state index in [1.807, 2.05) is 30.3 Å². The second kappa shape index (κ2) is 8.96. The normalized spacial score (nSPS) is 19.2. The summed E-state index contributed by atoms with van der Waals surface area (Å²) in [7, 11) is 1.63. The molecule has 4 rings (SSSR count). The Labute approximate surface area is 189 Å². The summed E-state index contributed by atoms with van der Waals surface area (Å²) in [5.74, 6) is 0.312. The Kier molecular flexibility index (Phi) is 6.46. The molecular weight excluding hydrogens is 430 g/mol. The van der Waals surface area contributed by atoms with Crippen molar-refractivity contribution in [3.05, 3.63) is 59.4 Å². The monoisotopic (exact) mass is 459 g/mol. The van der Waals surface area contributed by atoms with Crippen LogP contribution >= 0.6 is 11.8 Å². The molecule has 8 heteroatoms. The molecule has 0 amide bonds. The van der Waals surface area contributed by atoms with E-state index in [9.17, 15) is 13.5 Å². The van der Waals surface area contributed by atoms with Gasteiger partial charge in [0.05, 0.1) is 4.90 Å². The van der Waals surface area contributed by atoms with Crippen LogP contribution in [0, 0.1) is 0 Å². The molecule has 2 aromatic rings. The van der Waals surface area contributed by atoms with Gasteiger partial charge in [0.1, 0.15) is 5.76 Å². The molecule has 2 heterocycles. The van der Waals surface area contributed by atoms with E-state index in [0.29, 0.717) is 12.2 Å². The zero-order chi connectivity index (χ0) is 22.2. The van der Waals surface area contributed by atoms with Crippen LogP contribution in [-0.4, -0.2) is 81.5 Å². The largest absolute Gasteiger partial charge is 0.512 e. The molecule has 1 saturated heterocycles. The van der Waals surface area contributed by atoms with Crippen molar-refractivity contribution in [1.29, 1.82) is 0 Å². The summed E-state index contributed by atoms with van der Waals surface area (Å²) < 4.78 is 26.7. The lowest BCUT2D eigenvalue weighted by molar-refractivity contribution is 0.151. The molecule has 2 aliphatic heterocycles. The first-order valence-electron chi connectivity index (χ1n) is 10.4. The van der Waals surface area contributed by atoms with Crippen LogP contribution in [0.4, 0.5) is 0 Å². The van der Waals surface area contributed by atoms with Gasteiger partial charge in [-0.2, -0.15) is 0 Å². The Morgan fingerprint density at radius 2 is 1.71 bits per heavy atom. The highest BCUT2D eigenvalue weighted by molar-refractivity contribution is 7.99. The van der Waals surface area contributed by atoms with Crippen molar-refractivity contribution in [2.24, 2.45) is 0 Å². The number of sulfonamides is 1. The molecule has 6 nitrogen and oxygen atoms in total. The molecule has 0 radical (unpaired) electrons. The van der Waals surface area contributed by atoms with Crippen LogP contribution in [0.15, 0.2) is 62.9 Å². The highest BCUT2D eigenvalue weighted by Gasteiger charge is 2.27. The summed E-state index contributed by atoms with van der Waals surface area (Å²) in [5.41, 5.74) is 2.48. The number of aliphatic hydroxyl groups is 1. The van der Waals surface area contributed by atoms with E-state index in [1.54, 1.807) is 23.9 Å². The first-order chi connectivity index (χ1) is 14.8. The quantitative estimate of drug-likeness (QED) is 0.591. The molecule has 166 valence electrons. The number of aliphatic hydroxyl groups excluding tert-OH is 1. The predicted molar refractivity (Wildman–Crippen MR) is 125 cm³/mol. The van der Waals surface area contributed by atoms with E-state index in [0.717, 1.165) is 59.2 Å². The topological polar surface area (TPSA) is 64.1 Å². The van der Waals surface area contributed by atoms with Gasteiger partial charge >= 0.3 is 0 Å². The molecule has 0 bridgehead atoms. The smallest absolute Gasteiger partial charge is 0.242 e. The van der Waals surface area contributed by atoms with Gasteiger partial charge in [-0.05, 0) is 36.9 Å². The zero-order valence-electron chi connectivity index (χ0n) is 18.2. The van der Waals surface area contributed by atoms with Gasteiger partial charge in [0, 0.05) is 74.2 Å². The Morgan fingerprint density at radius 1 is 1.03 bits per heavy atom. The first-order valence-corrected chi connectivity index (χ1v) is 12.7. The minimum absolute atomic E-state index is 0.237. The van der Waals surface area contributed by atoms with Gasteiger partial charge in [0.15, 0.2) is 0 Å². The van der Waals surface area contributed by atoms with Gasteiger partial charge in [-0.15, -0.1) is 0 Å². The van der Waals surface area contributed by atoms with E-state index in [4.69, 9.17) is 0 Å². The van der Waals surface area contributed by atoms with Crippen LogP contribution in [0.1, 0.15) is 17.5 Å². The molecule has 0 spiro atoms. The lowest BCUT2D eigenvalue weighted by atomic mass is 9.95. The number of rotatable bonds is 5. The molecule has 1 fully saturated rings. The number of benzene rings is 2. The highest BCUT2D eigenvalue weighted by Crippen LogP contribution is 2.47. The van der Waals surface area contributed by atoms with E-state index in [1.165, 1.54) is 18.4 Å². The summed E-state index contributed by atoms with van der Waals surface area (Å²) in [4.78, 5) is 6.94. The summed E-state index contributed by atoms with van der Waals surface area (Å²) in [6.07, 6.45) is 0.530.